The lowest BCUT2D eigenvalue weighted by Gasteiger charge is -2.18. The average molecular weight is 265 g/mol. The Morgan fingerprint density at radius 3 is 3.00 bits per heavy atom. The van der Waals surface area contributed by atoms with Crippen molar-refractivity contribution in [3.05, 3.63) is 23.8 Å². The van der Waals surface area contributed by atoms with Crippen LogP contribution in [0.25, 0.3) is 0 Å². The van der Waals surface area contributed by atoms with Gasteiger partial charge in [0.1, 0.15) is 6.54 Å². The van der Waals surface area contributed by atoms with Gasteiger partial charge in [-0.05, 0) is 42.9 Å². The van der Waals surface area contributed by atoms with Crippen molar-refractivity contribution < 1.29 is 9.53 Å². The van der Waals surface area contributed by atoms with Crippen LogP contribution in [0.4, 0.5) is 5.69 Å². The molecule has 0 saturated heterocycles. The zero-order valence-corrected chi connectivity index (χ0v) is 11.8. The van der Waals surface area contributed by atoms with Crippen molar-refractivity contribution in [1.29, 1.82) is 0 Å². The van der Waals surface area contributed by atoms with E-state index in [1.54, 1.807) is 0 Å². The standard InChI is InChI=1S/C14H19NO2S/c1-3-17-14(16)10-15-8-7-11-9-12(18-4-2)5-6-13(11)15/h5-6,9H,3-4,7-8,10H2,1-2H3. The molecule has 1 aromatic rings. The Hall–Kier alpha value is -1.16. The molecule has 1 aromatic carbocycles. The lowest BCUT2D eigenvalue weighted by Crippen LogP contribution is -2.29. The summed E-state index contributed by atoms with van der Waals surface area (Å²) in [7, 11) is 0. The third-order valence-electron chi connectivity index (χ3n) is 2.98. The van der Waals surface area contributed by atoms with Crippen LogP contribution >= 0.6 is 11.8 Å². The Morgan fingerprint density at radius 1 is 1.44 bits per heavy atom. The number of fused-ring (bicyclic) bond motifs is 1. The van der Waals surface area contributed by atoms with E-state index in [9.17, 15) is 4.79 Å². The summed E-state index contributed by atoms with van der Waals surface area (Å²) in [6.07, 6.45) is 1.02. The molecule has 0 unspecified atom stereocenters. The number of anilines is 1. The Balaban J connectivity index is 2.06. The molecular formula is C14H19NO2S. The fourth-order valence-corrected chi connectivity index (χ4v) is 2.95. The molecule has 0 fully saturated rings. The number of thioether (sulfide) groups is 1. The Labute approximate surface area is 113 Å². The van der Waals surface area contributed by atoms with Crippen LogP contribution in [0, 0.1) is 0 Å². The van der Waals surface area contributed by atoms with Crippen molar-refractivity contribution in [2.75, 3.05) is 30.3 Å². The molecule has 0 atom stereocenters. The Bertz CT molecular complexity index is 434. The molecule has 0 N–H and O–H groups in total. The van der Waals surface area contributed by atoms with Crippen LogP contribution in [0.2, 0.25) is 0 Å². The molecule has 0 amide bonds. The lowest BCUT2D eigenvalue weighted by atomic mass is 10.2. The van der Waals surface area contributed by atoms with E-state index in [-0.39, 0.29) is 5.97 Å². The maximum absolute atomic E-state index is 11.5. The number of rotatable bonds is 5. The van der Waals surface area contributed by atoms with E-state index in [2.05, 4.69) is 30.0 Å². The quantitative estimate of drug-likeness (QED) is 0.605. The summed E-state index contributed by atoms with van der Waals surface area (Å²) in [5.74, 6) is 0.947. The molecular weight excluding hydrogens is 246 g/mol. The van der Waals surface area contributed by atoms with Gasteiger partial charge in [0.2, 0.25) is 0 Å². The fraction of sp³-hybridized carbons (Fsp3) is 0.500. The number of hydrogen-bond acceptors (Lipinski definition) is 4. The minimum Gasteiger partial charge on any atom is -0.465 e. The van der Waals surface area contributed by atoms with Gasteiger partial charge in [0.15, 0.2) is 0 Å². The third-order valence-corrected chi connectivity index (χ3v) is 3.85. The third kappa shape index (κ3) is 2.99. The van der Waals surface area contributed by atoms with Gasteiger partial charge in [-0.15, -0.1) is 11.8 Å². The SMILES string of the molecule is CCOC(=O)CN1CCc2cc(SCC)ccc21. The maximum Gasteiger partial charge on any atom is 0.325 e. The molecule has 0 aliphatic carbocycles. The summed E-state index contributed by atoms with van der Waals surface area (Å²) in [5.41, 5.74) is 2.53. The molecule has 0 radical (unpaired) electrons. The molecule has 1 aliphatic heterocycles. The number of carbonyl (C=O) groups is 1. The molecule has 1 aliphatic rings. The first-order chi connectivity index (χ1) is 8.74. The van der Waals surface area contributed by atoms with Crippen LogP contribution < -0.4 is 4.90 Å². The van der Waals surface area contributed by atoms with Gasteiger partial charge in [-0.3, -0.25) is 4.79 Å². The smallest absolute Gasteiger partial charge is 0.325 e. The van der Waals surface area contributed by atoms with Crippen molar-refractivity contribution in [3.8, 4) is 0 Å². The second kappa shape index (κ2) is 6.14. The van der Waals surface area contributed by atoms with Crippen molar-refractivity contribution >= 4 is 23.4 Å². The van der Waals surface area contributed by atoms with Crippen LogP contribution in [0.5, 0.6) is 0 Å². The van der Waals surface area contributed by atoms with Crippen molar-refractivity contribution in [3.63, 3.8) is 0 Å². The van der Waals surface area contributed by atoms with E-state index >= 15 is 0 Å². The summed E-state index contributed by atoms with van der Waals surface area (Å²) >= 11 is 1.85. The van der Waals surface area contributed by atoms with E-state index in [0.29, 0.717) is 13.2 Å². The molecule has 3 nitrogen and oxygen atoms in total. The van der Waals surface area contributed by atoms with Crippen LogP contribution in [-0.2, 0) is 16.0 Å². The summed E-state index contributed by atoms with van der Waals surface area (Å²) in [6, 6.07) is 6.50. The fourth-order valence-electron chi connectivity index (χ4n) is 2.23. The first kappa shape index (κ1) is 13.3. The van der Waals surface area contributed by atoms with Crippen LogP contribution in [0.1, 0.15) is 19.4 Å². The summed E-state index contributed by atoms with van der Waals surface area (Å²) in [5, 5.41) is 0. The lowest BCUT2D eigenvalue weighted by molar-refractivity contribution is -0.141. The van der Waals surface area contributed by atoms with E-state index in [0.717, 1.165) is 18.7 Å². The van der Waals surface area contributed by atoms with Gasteiger partial charge in [0.25, 0.3) is 0 Å². The highest BCUT2D eigenvalue weighted by Gasteiger charge is 2.21. The highest BCUT2D eigenvalue weighted by atomic mass is 32.2. The summed E-state index contributed by atoms with van der Waals surface area (Å²) < 4.78 is 5.00. The number of hydrogen-bond donors (Lipinski definition) is 0. The molecule has 1 heterocycles. The van der Waals surface area contributed by atoms with Crippen molar-refractivity contribution in [2.24, 2.45) is 0 Å². The van der Waals surface area contributed by atoms with Crippen molar-refractivity contribution in [2.45, 2.75) is 25.2 Å². The number of benzene rings is 1. The van der Waals surface area contributed by atoms with Gasteiger partial charge < -0.3 is 9.64 Å². The number of ether oxygens (including phenoxy) is 1. The number of nitrogens with zero attached hydrogens (tertiary/aromatic N) is 1. The summed E-state index contributed by atoms with van der Waals surface area (Å²) in [4.78, 5) is 14.9. The highest BCUT2D eigenvalue weighted by molar-refractivity contribution is 7.99. The molecule has 0 bridgehead atoms. The van der Waals surface area contributed by atoms with E-state index < -0.39 is 0 Å². The maximum atomic E-state index is 11.5. The Morgan fingerprint density at radius 2 is 2.28 bits per heavy atom. The topological polar surface area (TPSA) is 29.5 Å². The van der Waals surface area contributed by atoms with Crippen LogP contribution in [0.15, 0.2) is 23.1 Å². The first-order valence-electron chi connectivity index (χ1n) is 6.41. The number of esters is 1. The molecule has 0 aromatic heterocycles. The number of carbonyl (C=O) groups excluding carboxylic acids is 1. The van der Waals surface area contributed by atoms with Gasteiger partial charge in [-0.1, -0.05) is 6.92 Å². The molecule has 4 heteroatoms. The molecule has 18 heavy (non-hydrogen) atoms. The molecule has 0 saturated carbocycles. The van der Waals surface area contributed by atoms with E-state index in [1.165, 1.54) is 16.1 Å². The molecule has 2 rings (SSSR count). The second-order valence-electron chi connectivity index (χ2n) is 4.20. The predicted molar refractivity (Wildman–Crippen MR) is 75.4 cm³/mol. The zero-order valence-electron chi connectivity index (χ0n) is 10.9. The van der Waals surface area contributed by atoms with Gasteiger partial charge in [-0.25, -0.2) is 0 Å². The minimum atomic E-state index is -0.141. The van der Waals surface area contributed by atoms with Gasteiger partial charge in [-0.2, -0.15) is 0 Å². The van der Waals surface area contributed by atoms with Gasteiger partial charge >= 0.3 is 5.97 Å². The van der Waals surface area contributed by atoms with Crippen molar-refractivity contribution in [1.82, 2.24) is 0 Å². The van der Waals surface area contributed by atoms with E-state index in [4.69, 9.17) is 4.74 Å². The van der Waals surface area contributed by atoms with Gasteiger partial charge in [0.05, 0.1) is 6.61 Å². The summed E-state index contributed by atoms with van der Waals surface area (Å²) in [6.45, 7) is 5.72. The zero-order chi connectivity index (χ0) is 13.0. The largest absolute Gasteiger partial charge is 0.465 e. The van der Waals surface area contributed by atoms with Gasteiger partial charge in [0, 0.05) is 17.1 Å². The molecule has 0 spiro atoms. The second-order valence-corrected chi connectivity index (χ2v) is 5.54. The first-order valence-corrected chi connectivity index (χ1v) is 7.39. The molecule has 98 valence electrons. The monoisotopic (exact) mass is 265 g/mol. The predicted octanol–water partition coefficient (Wildman–Crippen LogP) is 2.72. The van der Waals surface area contributed by atoms with Crippen LogP contribution in [-0.4, -0.2) is 31.4 Å². The van der Waals surface area contributed by atoms with E-state index in [1.807, 2.05) is 18.7 Å². The normalized spacial score (nSPS) is 13.6. The minimum absolute atomic E-state index is 0.141. The average Bonchev–Trinajstić information content (AvgIpc) is 2.73. The Kier molecular flexibility index (Phi) is 4.53. The highest BCUT2D eigenvalue weighted by Crippen LogP contribution is 2.31. The van der Waals surface area contributed by atoms with Crippen LogP contribution in [0.3, 0.4) is 0 Å².